The molecule has 0 spiro atoms. The van der Waals surface area contributed by atoms with Crippen molar-refractivity contribution in [2.24, 2.45) is 5.73 Å². The number of benzene rings is 2. The first-order valence-corrected chi connectivity index (χ1v) is 10.7. The lowest BCUT2D eigenvalue weighted by atomic mass is 9.86. The smallest absolute Gasteiger partial charge is 0.229 e. The molecule has 1 aromatic heterocycles. The van der Waals surface area contributed by atoms with Crippen LogP contribution in [-0.2, 0) is 15.6 Å². The Morgan fingerprint density at radius 3 is 2.44 bits per heavy atom. The summed E-state index contributed by atoms with van der Waals surface area (Å²) in [5, 5.41) is 1.21. The summed E-state index contributed by atoms with van der Waals surface area (Å²) in [5.41, 5.74) is 7.27. The topological polar surface area (TPSA) is 77.1 Å². The molecule has 1 heterocycles. The number of sulfonamides is 1. The maximum absolute atomic E-state index is 14.3. The Labute approximate surface area is 163 Å². The largest absolute Gasteiger partial charge is 0.336 e. The van der Waals surface area contributed by atoms with Crippen LogP contribution in [-0.4, -0.2) is 25.8 Å². The molecule has 144 valence electrons. The molecule has 3 rings (SSSR count). The van der Waals surface area contributed by atoms with Gasteiger partial charge in [0.15, 0.2) is 0 Å². The summed E-state index contributed by atoms with van der Waals surface area (Å²) in [5.74, 6) is -0.535. The molecule has 3 N–H and O–H groups in total. The molecule has 1 unspecified atom stereocenters. The molecule has 0 amide bonds. The third-order valence-corrected chi connectivity index (χ3v) is 5.68. The van der Waals surface area contributed by atoms with E-state index >= 15 is 0 Å². The van der Waals surface area contributed by atoms with Gasteiger partial charge in [-0.1, -0.05) is 30.7 Å². The molecule has 27 heavy (non-hydrogen) atoms. The molecule has 1 atom stereocenters. The van der Waals surface area contributed by atoms with E-state index < -0.39 is 21.4 Å². The highest BCUT2D eigenvalue weighted by molar-refractivity contribution is 7.92. The highest BCUT2D eigenvalue weighted by Gasteiger charge is 2.32. The van der Waals surface area contributed by atoms with E-state index in [1.54, 1.807) is 18.2 Å². The van der Waals surface area contributed by atoms with Crippen molar-refractivity contribution in [3.63, 3.8) is 0 Å². The van der Waals surface area contributed by atoms with Crippen LogP contribution in [0.3, 0.4) is 0 Å². The van der Waals surface area contributed by atoms with Crippen LogP contribution in [0.4, 0.5) is 10.1 Å². The van der Waals surface area contributed by atoms with Crippen LogP contribution in [0, 0.1) is 5.82 Å². The molecule has 5 nitrogen and oxygen atoms in total. The molecule has 0 bridgehead atoms. The fraction of sp³-hybridized carbons (Fsp3) is 0.263. The van der Waals surface area contributed by atoms with Crippen molar-refractivity contribution >= 4 is 38.2 Å². The summed E-state index contributed by atoms with van der Waals surface area (Å²) < 4.78 is 41.9. The number of hydrogen-bond donors (Lipinski definition) is 2. The second-order valence-electron chi connectivity index (χ2n) is 6.54. The summed E-state index contributed by atoms with van der Waals surface area (Å²) in [6.45, 7) is 2.28. The first kappa shape index (κ1) is 19.7. The van der Waals surface area contributed by atoms with Gasteiger partial charge >= 0.3 is 0 Å². The van der Waals surface area contributed by atoms with Gasteiger partial charge in [-0.15, -0.1) is 0 Å². The third kappa shape index (κ3) is 3.67. The Bertz CT molecular complexity index is 1070. The lowest BCUT2D eigenvalue weighted by molar-refractivity contribution is 0.362. The maximum Gasteiger partial charge on any atom is 0.229 e. The second kappa shape index (κ2) is 7.14. The Morgan fingerprint density at radius 1 is 1.22 bits per heavy atom. The first-order valence-electron chi connectivity index (χ1n) is 8.45. The van der Waals surface area contributed by atoms with Gasteiger partial charge in [-0.05, 0) is 42.3 Å². The number of anilines is 1. The Balaban J connectivity index is 2.27. The quantitative estimate of drug-likeness (QED) is 0.647. The number of fused-ring (bicyclic) bond motifs is 1. The summed E-state index contributed by atoms with van der Waals surface area (Å²) in [7, 11) is -3.54. The van der Waals surface area contributed by atoms with E-state index in [9.17, 15) is 12.8 Å². The van der Waals surface area contributed by atoms with E-state index in [-0.39, 0.29) is 12.2 Å². The van der Waals surface area contributed by atoms with Gasteiger partial charge in [0.2, 0.25) is 10.0 Å². The molecule has 0 aliphatic rings. The van der Waals surface area contributed by atoms with Crippen molar-refractivity contribution < 1.29 is 12.8 Å². The van der Waals surface area contributed by atoms with Gasteiger partial charge < -0.3 is 10.3 Å². The average Bonchev–Trinajstić information content (AvgIpc) is 3.01. The molecular formula is C19H21ClFN3O2S. The fourth-order valence-corrected chi connectivity index (χ4v) is 4.19. The van der Waals surface area contributed by atoms with E-state index in [0.717, 1.165) is 11.8 Å². The van der Waals surface area contributed by atoms with Gasteiger partial charge in [0.05, 0.1) is 23.0 Å². The number of rotatable bonds is 6. The molecule has 0 saturated heterocycles. The van der Waals surface area contributed by atoms with Crippen LogP contribution in [0.25, 0.3) is 10.9 Å². The van der Waals surface area contributed by atoms with Crippen LogP contribution < -0.4 is 10.5 Å². The van der Waals surface area contributed by atoms with E-state index in [1.165, 1.54) is 12.1 Å². The van der Waals surface area contributed by atoms with Gasteiger partial charge in [-0.2, -0.15) is 0 Å². The molecule has 0 fully saturated rings. The molecule has 0 radical (unpaired) electrons. The number of nitrogens with one attached hydrogen (secondary N) is 1. The first-order chi connectivity index (χ1) is 12.7. The summed E-state index contributed by atoms with van der Waals surface area (Å²) >= 11 is 6.02. The van der Waals surface area contributed by atoms with Gasteiger partial charge in [0.1, 0.15) is 5.82 Å². The normalized spacial score (nSPS) is 14.3. The minimum atomic E-state index is -3.54. The van der Waals surface area contributed by atoms with Crippen molar-refractivity contribution in [3.05, 3.63) is 65.1 Å². The zero-order chi connectivity index (χ0) is 19.8. The predicted octanol–water partition coefficient (Wildman–Crippen LogP) is 3.92. The number of aromatic nitrogens is 1. The lowest BCUT2D eigenvalue weighted by Gasteiger charge is -2.35. The number of nitrogens with zero attached hydrogens (tertiary/aromatic N) is 1. The predicted molar refractivity (Wildman–Crippen MR) is 108 cm³/mol. The number of hydrogen-bond acceptors (Lipinski definition) is 3. The SMILES string of the molecule is CCC(CN)(c1ccc(Cl)cc1)n1ccc2c(NS(C)(=O)=O)cc(F)cc21. The maximum atomic E-state index is 14.3. The van der Waals surface area contributed by atoms with Crippen molar-refractivity contribution in [2.75, 3.05) is 17.5 Å². The zero-order valence-corrected chi connectivity index (χ0v) is 16.6. The van der Waals surface area contributed by atoms with E-state index in [1.807, 2.05) is 29.8 Å². The minimum Gasteiger partial charge on any atom is -0.336 e. The van der Waals surface area contributed by atoms with E-state index in [0.29, 0.717) is 22.3 Å². The summed E-state index contributed by atoms with van der Waals surface area (Å²) in [6, 6.07) is 11.7. The molecule has 8 heteroatoms. The van der Waals surface area contributed by atoms with Crippen molar-refractivity contribution in [3.8, 4) is 0 Å². The van der Waals surface area contributed by atoms with Crippen LogP contribution in [0.2, 0.25) is 5.02 Å². The minimum absolute atomic E-state index is 0.199. The molecular weight excluding hydrogens is 389 g/mol. The van der Waals surface area contributed by atoms with E-state index in [4.69, 9.17) is 17.3 Å². The fourth-order valence-electron chi connectivity index (χ4n) is 3.50. The number of nitrogens with two attached hydrogens (primary N) is 1. The second-order valence-corrected chi connectivity index (χ2v) is 8.73. The third-order valence-electron chi connectivity index (χ3n) is 4.83. The van der Waals surface area contributed by atoms with Gasteiger partial charge in [-0.25, -0.2) is 12.8 Å². The van der Waals surface area contributed by atoms with Crippen LogP contribution in [0.1, 0.15) is 18.9 Å². The monoisotopic (exact) mass is 409 g/mol. The Kier molecular flexibility index (Phi) is 5.20. The molecule has 2 aromatic carbocycles. The van der Waals surface area contributed by atoms with Gasteiger partial charge in [0, 0.05) is 23.2 Å². The van der Waals surface area contributed by atoms with E-state index in [2.05, 4.69) is 4.72 Å². The summed E-state index contributed by atoms with van der Waals surface area (Å²) in [6.07, 6.45) is 3.49. The standard InChI is InChI=1S/C19H21ClFN3O2S/c1-3-19(12-22,13-4-6-14(20)7-5-13)24-9-8-16-17(23-27(2,25)26)10-15(21)11-18(16)24/h4-11,23H,3,12,22H2,1-2H3. The van der Waals surface area contributed by atoms with Crippen molar-refractivity contribution in [1.82, 2.24) is 4.57 Å². The molecule has 0 saturated carbocycles. The zero-order valence-electron chi connectivity index (χ0n) is 15.0. The van der Waals surface area contributed by atoms with Gasteiger partial charge in [0.25, 0.3) is 0 Å². The molecule has 0 aliphatic carbocycles. The van der Waals surface area contributed by atoms with Crippen LogP contribution in [0.15, 0.2) is 48.7 Å². The highest BCUT2D eigenvalue weighted by Crippen LogP contribution is 2.36. The Morgan fingerprint density at radius 2 is 1.89 bits per heavy atom. The molecule has 0 aliphatic heterocycles. The number of halogens is 2. The lowest BCUT2D eigenvalue weighted by Crippen LogP contribution is -2.41. The van der Waals surface area contributed by atoms with Crippen molar-refractivity contribution in [1.29, 1.82) is 0 Å². The summed E-state index contributed by atoms with van der Waals surface area (Å²) in [4.78, 5) is 0. The molecule has 3 aromatic rings. The average molecular weight is 410 g/mol. The van der Waals surface area contributed by atoms with Crippen molar-refractivity contribution in [2.45, 2.75) is 18.9 Å². The van der Waals surface area contributed by atoms with Crippen LogP contribution in [0.5, 0.6) is 0 Å². The highest BCUT2D eigenvalue weighted by atomic mass is 35.5. The van der Waals surface area contributed by atoms with Crippen LogP contribution >= 0.6 is 11.6 Å². The Hall–Kier alpha value is -2.09. The van der Waals surface area contributed by atoms with Gasteiger partial charge in [-0.3, -0.25) is 4.72 Å².